The zero-order valence-corrected chi connectivity index (χ0v) is 13.6. The minimum Gasteiger partial charge on any atom is -0.381 e. The number of hydrogen-bond acceptors (Lipinski definition) is 2. The Morgan fingerprint density at radius 1 is 0.917 bits per heavy atom. The van der Waals surface area contributed by atoms with Crippen molar-refractivity contribution in [2.24, 2.45) is 0 Å². The smallest absolute Gasteiger partial charge is 0.1000 e. The fourth-order valence-corrected chi connectivity index (χ4v) is 2.95. The van der Waals surface area contributed by atoms with Crippen molar-refractivity contribution in [1.29, 1.82) is 0 Å². The predicted octanol–water partition coefficient (Wildman–Crippen LogP) is 5.15. The number of aryl methyl sites for hydroxylation is 1. The molecule has 0 fully saturated rings. The third kappa shape index (κ3) is 2.76. The molecule has 0 saturated heterocycles. The van der Waals surface area contributed by atoms with E-state index in [0.29, 0.717) is 0 Å². The van der Waals surface area contributed by atoms with Gasteiger partial charge in [-0.15, -0.1) is 0 Å². The molecular formula is C21H19N3. The first-order valence-corrected chi connectivity index (χ1v) is 8.13. The molecule has 1 aromatic heterocycles. The van der Waals surface area contributed by atoms with Crippen molar-refractivity contribution < 1.29 is 0 Å². The Bertz CT molecular complexity index is 971. The van der Waals surface area contributed by atoms with Gasteiger partial charge in [-0.3, -0.25) is 5.10 Å². The molecule has 3 heteroatoms. The molecule has 4 aromatic rings. The van der Waals surface area contributed by atoms with Gasteiger partial charge in [0.05, 0.1) is 11.2 Å². The Morgan fingerprint density at radius 3 is 2.54 bits per heavy atom. The van der Waals surface area contributed by atoms with E-state index in [1.165, 1.54) is 11.1 Å². The van der Waals surface area contributed by atoms with E-state index >= 15 is 0 Å². The zero-order chi connectivity index (χ0) is 16.4. The molecule has 2 N–H and O–H groups in total. The number of nitrogens with zero attached hydrogens (tertiary/aromatic N) is 1. The van der Waals surface area contributed by atoms with Crippen molar-refractivity contribution in [2.75, 3.05) is 5.32 Å². The van der Waals surface area contributed by atoms with Crippen LogP contribution in [0, 0.1) is 6.92 Å². The molecule has 0 radical (unpaired) electrons. The number of benzene rings is 3. The number of anilines is 1. The summed E-state index contributed by atoms with van der Waals surface area (Å²) in [4.78, 5) is 0. The summed E-state index contributed by atoms with van der Waals surface area (Å²) < 4.78 is 0. The molecule has 0 saturated carbocycles. The van der Waals surface area contributed by atoms with E-state index in [0.717, 1.165) is 34.4 Å². The van der Waals surface area contributed by atoms with Gasteiger partial charge in [0, 0.05) is 23.2 Å². The summed E-state index contributed by atoms with van der Waals surface area (Å²) in [5.41, 5.74) is 6.89. The van der Waals surface area contributed by atoms with Crippen LogP contribution in [0.5, 0.6) is 0 Å². The summed E-state index contributed by atoms with van der Waals surface area (Å²) >= 11 is 0. The van der Waals surface area contributed by atoms with Gasteiger partial charge in [-0.2, -0.15) is 5.10 Å². The molecule has 0 aliphatic heterocycles. The van der Waals surface area contributed by atoms with Crippen molar-refractivity contribution in [3.05, 3.63) is 83.9 Å². The second kappa shape index (κ2) is 6.20. The summed E-state index contributed by atoms with van der Waals surface area (Å²) in [6, 6.07) is 25.1. The van der Waals surface area contributed by atoms with Gasteiger partial charge in [-0.25, -0.2) is 0 Å². The van der Waals surface area contributed by atoms with Gasteiger partial charge in [0.1, 0.15) is 0 Å². The maximum absolute atomic E-state index is 4.49. The Balaban J connectivity index is 1.64. The predicted molar refractivity (Wildman–Crippen MR) is 100 cm³/mol. The molecule has 0 atom stereocenters. The Hall–Kier alpha value is -3.07. The van der Waals surface area contributed by atoms with E-state index < -0.39 is 0 Å². The molecule has 1 heterocycles. The van der Waals surface area contributed by atoms with Crippen LogP contribution in [0.3, 0.4) is 0 Å². The summed E-state index contributed by atoms with van der Waals surface area (Å²) in [6.45, 7) is 2.96. The molecule has 0 unspecified atom stereocenters. The molecular weight excluding hydrogens is 294 g/mol. The van der Waals surface area contributed by atoms with Gasteiger partial charge < -0.3 is 5.32 Å². The van der Waals surface area contributed by atoms with Crippen molar-refractivity contribution in [1.82, 2.24) is 10.2 Å². The third-order valence-electron chi connectivity index (χ3n) is 4.35. The van der Waals surface area contributed by atoms with Crippen molar-refractivity contribution in [3.63, 3.8) is 0 Å². The van der Waals surface area contributed by atoms with Crippen molar-refractivity contribution in [2.45, 2.75) is 13.5 Å². The molecule has 0 spiro atoms. The minimum absolute atomic E-state index is 0.816. The maximum Gasteiger partial charge on any atom is 0.1000 e. The highest BCUT2D eigenvalue weighted by molar-refractivity contribution is 5.94. The number of H-pyrrole nitrogens is 1. The number of aromatic nitrogens is 2. The summed E-state index contributed by atoms with van der Waals surface area (Å²) in [5.74, 6) is 0. The van der Waals surface area contributed by atoms with Crippen LogP contribution in [0.2, 0.25) is 0 Å². The Kier molecular flexibility index (Phi) is 3.75. The van der Waals surface area contributed by atoms with E-state index in [1.54, 1.807) is 0 Å². The SMILES string of the molecule is Cc1ccccc1CNc1ccc2[nH]nc(-c3ccccc3)c2c1. The largest absolute Gasteiger partial charge is 0.381 e. The highest BCUT2D eigenvalue weighted by Crippen LogP contribution is 2.28. The van der Waals surface area contributed by atoms with E-state index in [4.69, 9.17) is 0 Å². The first-order chi connectivity index (χ1) is 11.8. The van der Waals surface area contributed by atoms with Crippen LogP contribution in [-0.4, -0.2) is 10.2 Å². The average molecular weight is 313 g/mol. The first kappa shape index (κ1) is 14.5. The van der Waals surface area contributed by atoms with Gasteiger partial charge in [-0.05, 0) is 36.2 Å². The zero-order valence-electron chi connectivity index (χ0n) is 13.6. The molecule has 24 heavy (non-hydrogen) atoms. The summed E-state index contributed by atoms with van der Waals surface area (Å²) in [5, 5.41) is 12.3. The van der Waals surface area contributed by atoms with Gasteiger partial charge in [0.15, 0.2) is 0 Å². The Morgan fingerprint density at radius 2 is 1.71 bits per heavy atom. The van der Waals surface area contributed by atoms with Gasteiger partial charge >= 0.3 is 0 Å². The molecule has 0 aliphatic carbocycles. The topological polar surface area (TPSA) is 40.7 Å². The fraction of sp³-hybridized carbons (Fsp3) is 0.0952. The molecule has 0 bridgehead atoms. The van der Waals surface area contributed by atoms with Crippen LogP contribution in [-0.2, 0) is 6.54 Å². The normalized spacial score (nSPS) is 10.9. The summed E-state index contributed by atoms with van der Waals surface area (Å²) in [6.07, 6.45) is 0. The van der Waals surface area contributed by atoms with Crippen LogP contribution in [0.1, 0.15) is 11.1 Å². The molecule has 118 valence electrons. The fourth-order valence-electron chi connectivity index (χ4n) is 2.95. The van der Waals surface area contributed by atoms with Crippen LogP contribution < -0.4 is 5.32 Å². The number of aromatic amines is 1. The third-order valence-corrected chi connectivity index (χ3v) is 4.35. The molecule has 0 amide bonds. The van der Waals surface area contributed by atoms with Gasteiger partial charge in [-0.1, -0.05) is 54.6 Å². The lowest BCUT2D eigenvalue weighted by molar-refractivity contribution is 1.12. The van der Waals surface area contributed by atoms with Crippen molar-refractivity contribution in [3.8, 4) is 11.3 Å². The van der Waals surface area contributed by atoms with Crippen LogP contribution in [0.15, 0.2) is 72.8 Å². The molecule has 3 aromatic carbocycles. The molecule has 0 aliphatic rings. The maximum atomic E-state index is 4.49. The van der Waals surface area contributed by atoms with Gasteiger partial charge in [0.2, 0.25) is 0 Å². The van der Waals surface area contributed by atoms with Crippen LogP contribution in [0.25, 0.3) is 22.2 Å². The second-order valence-electron chi connectivity index (χ2n) is 5.98. The highest BCUT2D eigenvalue weighted by Gasteiger charge is 2.08. The number of hydrogen-bond donors (Lipinski definition) is 2. The van der Waals surface area contributed by atoms with E-state index in [1.807, 2.05) is 18.2 Å². The van der Waals surface area contributed by atoms with Crippen LogP contribution in [0.4, 0.5) is 5.69 Å². The standard InChI is InChI=1S/C21H19N3/c1-15-7-5-6-10-17(15)14-22-18-11-12-20-19(13-18)21(24-23-20)16-8-3-2-4-9-16/h2-13,22H,14H2,1H3,(H,23,24). The number of rotatable bonds is 4. The number of nitrogens with one attached hydrogen (secondary N) is 2. The lowest BCUT2D eigenvalue weighted by Crippen LogP contribution is -2.00. The molecule has 3 nitrogen and oxygen atoms in total. The lowest BCUT2D eigenvalue weighted by atomic mass is 10.1. The van der Waals surface area contributed by atoms with Crippen LogP contribution >= 0.6 is 0 Å². The quantitative estimate of drug-likeness (QED) is 0.547. The van der Waals surface area contributed by atoms with E-state index in [9.17, 15) is 0 Å². The summed E-state index contributed by atoms with van der Waals surface area (Å²) in [7, 11) is 0. The molecule has 4 rings (SSSR count). The van der Waals surface area contributed by atoms with Gasteiger partial charge in [0.25, 0.3) is 0 Å². The van der Waals surface area contributed by atoms with Crippen molar-refractivity contribution >= 4 is 16.6 Å². The highest BCUT2D eigenvalue weighted by atomic mass is 15.1. The first-order valence-electron chi connectivity index (χ1n) is 8.13. The monoisotopic (exact) mass is 313 g/mol. The second-order valence-corrected chi connectivity index (χ2v) is 5.98. The Labute approximate surface area is 141 Å². The number of fused-ring (bicyclic) bond motifs is 1. The lowest BCUT2D eigenvalue weighted by Gasteiger charge is -2.09. The van der Waals surface area contributed by atoms with E-state index in [-0.39, 0.29) is 0 Å². The van der Waals surface area contributed by atoms with E-state index in [2.05, 4.69) is 77.0 Å². The average Bonchev–Trinajstić information content (AvgIpc) is 3.05. The minimum atomic E-state index is 0.816.